The number of ether oxygens (including phenoxy) is 2. The Bertz CT molecular complexity index is 1070. The van der Waals surface area contributed by atoms with Crippen LogP contribution >= 0.6 is 11.6 Å². The normalized spacial score (nSPS) is 20.1. The van der Waals surface area contributed by atoms with Gasteiger partial charge in [-0.2, -0.15) is 0 Å². The minimum atomic E-state index is -2.70. The molecule has 0 spiro atoms. The Morgan fingerprint density at radius 3 is 2.78 bits per heavy atom. The van der Waals surface area contributed by atoms with Gasteiger partial charge in [-0.15, -0.1) is 0 Å². The van der Waals surface area contributed by atoms with Crippen LogP contribution in [0.2, 0.25) is 5.02 Å². The number of benzene rings is 2. The van der Waals surface area contributed by atoms with E-state index >= 15 is 0 Å². The molecule has 3 aromatic rings. The number of rotatable bonds is 2. The summed E-state index contributed by atoms with van der Waals surface area (Å²) in [4.78, 5) is 8.18. The van der Waals surface area contributed by atoms with Gasteiger partial charge in [0.2, 0.25) is 0 Å². The summed E-state index contributed by atoms with van der Waals surface area (Å²) in [5.41, 5.74) is 0.472. The van der Waals surface area contributed by atoms with Gasteiger partial charge >= 0.3 is 0 Å². The minimum absolute atomic E-state index is 0.00112. The van der Waals surface area contributed by atoms with Crippen LogP contribution in [-0.4, -0.2) is 23.1 Å². The van der Waals surface area contributed by atoms with Crippen LogP contribution in [0.25, 0.3) is 10.9 Å². The van der Waals surface area contributed by atoms with Crippen molar-refractivity contribution in [2.24, 2.45) is 0 Å². The average Bonchev–Trinajstić information content (AvgIpc) is 2.58. The minimum Gasteiger partial charge on any atom is -0.486 e. The lowest BCUT2D eigenvalue weighted by atomic mass is 10.2. The van der Waals surface area contributed by atoms with Crippen molar-refractivity contribution >= 4 is 34.0 Å². The molecule has 0 aliphatic carbocycles. The number of halogens is 2. The molecule has 0 fully saturated rings. The molecule has 0 saturated carbocycles. The summed E-state index contributed by atoms with van der Waals surface area (Å²) in [5.74, 6) is -0.428. The standard InChI is InChI=1S/C16H11ClFN3O2/c17-10-2-1-3-11(15(10)18)21-16-9-6-13-14(23-5-4-22-13)7-12(9)19-8-20-16/h1-3,6-8H,4-5H2,(H,19,20,21)/i4D2,5D2. The van der Waals surface area contributed by atoms with E-state index in [1.807, 2.05) is 0 Å². The third kappa shape index (κ3) is 2.51. The lowest BCUT2D eigenvalue weighted by Gasteiger charge is -2.19. The van der Waals surface area contributed by atoms with Crippen LogP contribution in [0.1, 0.15) is 5.48 Å². The molecule has 4 rings (SSSR count). The Morgan fingerprint density at radius 1 is 1.17 bits per heavy atom. The van der Waals surface area contributed by atoms with Gasteiger partial charge in [0.1, 0.15) is 25.3 Å². The first-order valence-corrected chi connectivity index (χ1v) is 6.93. The van der Waals surface area contributed by atoms with Gasteiger partial charge < -0.3 is 14.8 Å². The summed E-state index contributed by atoms with van der Waals surface area (Å²) in [5, 5.41) is 3.17. The van der Waals surface area contributed by atoms with Crippen molar-refractivity contribution in [2.45, 2.75) is 0 Å². The van der Waals surface area contributed by atoms with E-state index in [0.717, 1.165) is 0 Å². The monoisotopic (exact) mass is 335 g/mol. The first-order chi connectivity index (χ1) is 12.7. The molecule has 1 aliphatic heterocycles. The van der Waals surface area contributed by atoms with Crippen molar-refractivity contribution < 1.29 is 19.3 Å². The van der Waals surface area contributed by atoms with Gasteiger partial charge in [-0.3, -0.25) is 0 Å². The molecule has 0 unspecified atom stereocenters. The molecular formula is C16H11ClFN3O2. The zero-order chi connectivity index (χ0) is 19.4. The molecule has 0 atom stereocenters. The van der Waals surface area contributed by atoms with Crippen LogP contribution in [-0.2, 0) is 0 Å². The second-order valence-corrected chi connectivity index (χ2v) is 5.08. The Morgan fingerprint density at radius 2 is 1.96 bits per heavy atom. The lowest BCUT2D eigenvalue weighted by molar-refractivity contribution is 0.172. The zero-order valence-electron chi connectivity index (χ0n) is 15.4. The molecule has 0 saturated heterocycles. The molecule has 23 heavy (non-hydrogen) atoms. The fraction of sp³-hybridized carbons (Fsp3) is 0.125. The van der Waals surface area contributed by atoms with E-state index in [-0.39, 0.29) is 28.0 Å². The van der Waals surface area contributed by atoms with Crippen LogP contribution in [0.4, 0.5) is 15.9 Å². The number of nitrogens with zero attached hydrogens (tertiary/aromatic N) is 2. The van der Waals surface area contributed by atoms with Gasteiger partial charge in [-0.1, -0.05) is 17.7 Å². The first kappa shape index (κ1) is 10.2. The van der Waals surface area contributed by atoms with Crippen LogP contribution in [0.15, 0.2) is 36.7 Å². The molecule has 5 nitrogen and oxygen atoms in total. The number of hydrogen-bond acceptors (Lipinski definition) is 5. The van der Waals surface area contributed by atoms with Crippen molar-refractivity contribution in [3.63, 3.8) is 0 Å². The highest BCUT2D eigenvalue weighted by atomic mass is 35.5. The summed E-state index contributed by atoms with van der Waals surface area (Å²) >= 11 is 5.79. The lowest BCUT2D eigenvalue weighted by Crippen LogP contribution is -2.15. The largest absolute Gasteiger partial charge is 0.486 e. The summed E-state index contributed by atoms with van der Waals surface area (Å²) in [7, 11) is 0. The second-order valence-electron chi connectivity index (χ2n) is 4.67. The summed E-state index contributed by atoms with van der Waals surface area (Å²) in [6.45, 7) is -5.37. The molecule has 1 aliphatic rings. The Labute approximate surface area is 141 Å². The topological polar surface area (TPSA) is 56.3 Å². The van der Waals surface area contributed by atoms with E-state index in [2.05, 4.69) is 15.3 Å². The van der Waals surface area contributed by atoms with Gasteiger partial charge in [0.25, 0.3) is 0 Å². The maximum Gasteiger partial charge on any atom is 0.165 e. The molecule has 0 radical (unpaired) electrons. The average molecular weight is 336 g/mol. The third-order valence-electron chi connectivity index (χ3n) is 3.27. The molecule has 7 heteroatoms. The molecule has 2 heterocycles. The Hall–Kier alpha value is -2.60. The van der Waals surface area contributed by atoms with E-state index in [0.29, 0.717) is 10.9 Å². The van der Waals surface area contributed by atoms with E-state index in [1.54, 1.807) is 6.07 Å². The molecule has 1 N–H and O–H groups in total. The summed E-state index contributed by atoms with van der Waals surface area (Å²) in [6.07, 6.45) is 1.25. The maximum absolute atomic E-state index is 14.2. The van der Waals surface area contributed by atoms with Gasteiger partial charge in [0.05, 0.1) is 21.7 Å². The third-order valence-corrected chi connectivity index (χ3v) is 3.56. The zero-order valence-corrected chi connectivity index (χ0v) is 12.2. The van der Waals surface area contributed by atoms with Crippen molar-refractivity contribution in [2.75, 3.05) is 18.4 Å². The highest BCUT2D eigenvalue weighted by molar-refractivity contribution is 6.31. The van der Waals surface area contributed by atoms with E-state index in [1.165, 1.54) is 30.6 Å². The molecule has 0 amide bonds. The van der Waals surface area contributed by atoms with Crippen molar-refractivity contribution in [3.05, 3.63) is 47.5 Å². The fourth-order valence-electron chi connectivity index (χ4n) is 2.20. The quantitative estimate of drug-likeness (QED) is 0.768. The van der Waals surface area contributed by atoms with E-state index < -0.39 is 18.9 Å². The van der Waals surface area contributed by atoms with Gasteiger partial charge in [-0.25, -0.2) is 14.4 Å². The SMILES string of the molecule is [2H]C1([2H])Oc2cc3ncnc(Nc4cccc(Cl)c4F)c3cc2OC1([2H])[2H]. The first-order valence-electron chi connectivity index (χ1n) is 8.56. The summed E-state index contributed by atoms with van der Waals surface area (Å²) in [6, 6.07) is 7.28. The maximum atomic E-state index is 14.2. The number of fused-ring (bicyclic) bond motifs is 2. The molecule has 2 aromatic carbocycles. The predicted octanol–water partition coefficient (Wildman–Crippen LogP) is 3.94. The van der Waals surface area contributed by atoms with E-state index in [4.69, 9.17) is 26.6 Å². The van der Waals surface area contributed by atoms with Gasteiger partial charge in [0.15, 0.2) is 17.3 Å². The van der Waals surface area contributed by atoms with Crippen molar-refractivity contribution in [1.29, 1.82) is 0 Å². The van der Waals surface area contributed by atoms with Crippen LogP contribution in [0, 0.1) is 5.82 Å². The van der Waals surface area contributed by atoms with Crippen LogP contribution in [0.3, 0.4) is 0 Å². The molecule has 1 aromatic heterocycles. The highest BCUT2D eigenvalue weighted by Crippen LogP contribution is 2.36. The molecular weight excluding hydrogens is 321 g/mol. The molecule has 116 valence electrons. The van der Waals surface area contributed by atoms with Crippen molar-refractivity contribution in [1.82, 2.24) is 9.97 Å². The Kier molecular flexibility index (Phi) is 2.47. The highest BCUT2D eigenvalue weighted by Gasteiger charge is 2.16. The number of nitrogens with one attached hydrogen (secondary N) is 1. The van der Waals surface area contributed by atoms with Crippen LogP contribution < -0.4 is 14.8 Å². The second kappa shape index (κ2) is 5.55. The molecule has 0 bridgehead atoms. The predicted molar refractivity (Wildman–Crippen MR) is 85.2 cm³/mol. The van der Waals surface area contributed by atoms with Gasteiger partial charge in [0, 0.05) is 11.5 Å². The number of anilines is 2. The summed E-state index contributed by atoms with van der Waals surface area (Å²) < 4.78 is 55.1. The van der Waals surface area contributed by atoms with Gasteiger partial charge in [-0.05, 0) is 18.2 Å². The number of hydrogen-bond donors (Lipinski definition) is 1. The smallest absolute Gasteiger partial charge is 0.165 e. The Balaban J connectivity index is 1.82. The number of aromatic nitrogens is 2. The van der Waals surface area contributed by atoms with E-state index in [9.17, 15) is 4.39 Å². The van der Waals surface area contributed by atoms with Crippen molar-refractivity contribution in [3.8, 4) is 11.5 Å². The van der Waals surface area contributed by atoms with Crippen LogP contribution in [0.5, 0.6) is 11.5 Å². The fourth-order valence-corrected chi connectivity index (χ4v) is 2.38.